The van der Waals surface area contributed by atoms with Crippen LogP contribution in [0.1, 0.15) is 0 Å². The molecule has 3 aromatic rings. The molecule has 0 aliphatic heterocycles. The third-order valence-electron chi connectivity index (χ3n) is 3.19. The van der Waals surface area contributed by atoms with Crippen molar-refractivity contribution in [2.75, 3.05) is 11.4 Å². The zero-order chi connectivity index (χ0) is 15.0. The van der Waals surface area contributed by atoms with Crippen molar-refractivity contribution < 1.29 is 12.8 Å². The predicted octanol–water partition coefficient (Wildman–Crippen LogP) is 3.87. The summed E-state index contributed by atoms with van der Waals surface area (Å²) in [6, 6.07) is 14.4. The van der Waals surface area contributed by atoms with E-state index in [1.54, 1.807) is 0 Å². The fourth-order valence-corrected chi connectivity index (χ4v) is 4.43. The Balaban J connectivity index is 2.03. The maximum atomic E-state index is 12.9. The fraction of sp³-hybridized carbons (Fsp3) is 0.0667. The number of thiophene rings is 1. The van der Waals surface area contributed by atoms with E-state index in [0.717, 1.165) is 22.2 Å². The van der Waals surface area contributed by atoms with Gasteiger partial charge in [0, 0.05) is 11.7 Å². The molecule has 21 heavy (non-hydrogen) atoms. The topological polar surface area (TPSA) is 37.4 Å². The van der Waals surface area contributed by atoms with Gasteiger partial charge in [-0.2, -0.15) is 0 Å². The number of halogens is 1. The zero-order valence-electron chi connectivity index (χ0n) is 11.2. The number of benzene rings is 2. The molecule has 3 nitrogen and oxygen atoms in total. The average Bonchev–Trinajstić information content (AvgIpc) is 2.90. The Hall–Kier alpha value is -1.92. The van der Waals surface area contributed by atoms with E-state index in [-0.39, 0.29) is 4.90 Å². The van der Waals surface area contributed by atoms with Crippen LogP contribution in [0.15, 0.2) is 59.5 Å². The van der Waals surface area contributed by atoms with Crippen LogP contribution in [0, 0.1) is 5.82 Å². The van der Waals surface area contributed by atoms with Gasteiger partial charge in [-0.25, -0.2) is 12.8 Å². The largest absolute Gasteiger partial charge is 0.264 e. The average molecular weight is 321 g/mol. The number of sulfonamides is 1. The third-order valence-corrected chi connectivity index (χ3v) is 6.29. The normalized spacial score (nSPS) is 11.7. The number of nitrogens with zero attached hydrogens (tertiary/aromatic N) is 1. The minimum absolute atomic E-state index is 0.0730. The van der Waals surface area contributed by atoms with Crippen LogP contribution in [-0.4, -0.2) is 15.5 Å². The SMILES string of the molecule is CN(c1cc2ccccc2s1)S(=O)(=O)c1ccc(F)cc1. The van der Waals surface area contributed by atoms with Crippen molar-refractivity contribution in [2.24, 2.45) is 0 Å². The molecule has 2 aromatic carbocycles. The highest BCUT2D eigenvalue weighted by atomic mass is 32.2. The van der Waals surface area contributed by atoms with Gasteiger partial charge in [-0.05, 0) is 41.8 Å². The highest BCUT2D eigenvalue weighted by Crippen LogP contribution is 2.34. The van der Waals surface area contributed by atoms with Gasteiger partial charge in [-0.3, -0.25) is 4.31 Å². The number of hydrogen-bond acceptors (Lipinski definition) is 3. The molecular weight excluding hydrogens is 309 g/mol. The number of hydrogen-bond donors (Lipinski definition) is 0. The molecule has 0 saturated carbocycles. The van der Waals surface area contributed by atoms with Crippen molar-refractivity contribution in [3.05, 3.63) is 60.4 Å². The van der Waals surface area contributed by atoms with Crippen LogP contribution in [0.3, 0.4) is 0 Å². The van der Waals surface area contributed by atoms with E-state index in [1.807, 2.05) is 30.3 Å². The first-order valence-electron chi connectivity index (χ1n) is 6.21. The molecule has 0 aliphatic carbocycles. The lowest BCUT2D eigenvalue weighted by atomic mass is 10.3. The number of fused-ring (bicyclic) bond motifs is 1. The second-order valence-corrected chi connectivity index (χ2v) is 7.58. The smallest absolute Gasteiger partial charge is 0.260 e. The van der Waals surface area contributed by atoms with Crippen LogP contribution in [0.4, 0.5) is 9.39 Å². The van der Waals surface area contributed by atoms with Gasteiger partial charge in [0.2, 0.25) is 0 Å². The minimum Gasteiger partial charge on any atom is -0.260 e. The van der Waals surface area contributed by atoms with Gasteiger partial charge in [-0.15, -0.1) is 11.3 Å². The Morgan fingerprint density at radius 2 is 1.71 bits per heavy atom. The molecule has 3 rings (SSSR count). The van der Waals surface area contributed by atoms with Crippen molar-refractivity contribution in [2.45, 2.75) is 4.90 Å². The summed E-state index contributed by atoms with van der Waals surface area (Å²) >= 11 is 1.40. The molecule has 1 aromatic heterocycles. The van der Waals surface area contributed by atoms with Gasteiger partial charge < -0.3 is 0 Å². The number of rotatable bonds is 3. The second-order valence-electron chi connectivity index (χ2n) is 4.55. The monoisotopic (exact) mass is 321 g/mol. The van der Waals surface area contributed by atoms with Crippen molar-refractivity contribution in [3.63, 3.8) is 0 Å². The van der Waals surface area contributed by atoms with Crippen LogP contribution in [-0.2, 0) is 10.0 Å². The number of anilines is 1. The Kier molecular flexibility index (Phi) is 3.43. The molecule has 0 fully saturated rings. The van der Waals surface area contributed by atoms with E-state index in [4.69, 9.17) is 0 Å². The Bertz CT molecular complexity index is 852. The van der Waals surface area contributed by atoms with Crippen molar-refractivity contribution in [3.8, 4) is 0 Å². The Morgan fingerprint density at radius 3 is 2.38 bits per heavy atom. The second kappa shape index (κ2) is 5.13. The molecule has 0 amide bonds. The molecule has 0 unspecified atom stereocenters. The molecule has 0 N–H and O–H groups in total. The van der Waals surface area contributed by atoms with E-state index < -0.39 is 15.8 Å². The highest BCUT2D eigenvalue weighted by Gasteiger charge is 2.22. The molecule has 0 bridgehead atoms. The van der Waals surface area contributed by atoms with E-state index in [1.165, 1.54) is 34.8 Å². The molecule has 0 saturated heterocycles. The molecule has 108 valence electrons. The molecule has 0 radical (unpaired) electrons. The Labute approximate surface area is 126 Å². The standard InChI is InChI=1S/C15H12FNO2S2/c1-17(15-10-11-4-2-3-5-14(11)20-15)21(18,19)13-8-6-12(16)7-9-13/h2-10H,1H3. The lowest BCUT2D eigenvalue weighted by molar-refractivity contribution is 0.593. The molecule has 0 aliphatic rings. The zero-order valence-corrected chi connectivity index (χ0v) is 12.8. The maximum absolute atomic E-state index is 12.9. The summed E-state index contributed by atoms with van der Waals surface area (Å²) in [6.07, 6.45) is 0. The lowest BCUT2D eigenvalue weighted by Crippen LogP contribution is -2.25. The van der Waals surface area contributed by atoms with Gasteiger partial charge in [0.05, 0.1) is 4.90 Å². The van der Waals surface area contributed by atoms with Gasteiger partial charge in [-0.1, -0.05) is 18.2 Å². The van der Waals surface area contributed by atoms with Crippen LogP contribution in [0.2, 0.25) is 0 Å². The predicted molar refractivity (Wildman–Crippen MR) is 83.8 cm³/mol. The maximum Gasteiger partial charge on any atom is 0.264 e. The highest BCUT2D eigenvalue weighted by molar-refractivity contribution is 7.93. The van der Waals surface area contributed by atoms with Crippen molar-refractivity contribution >= 4 is 36.4 Å². The van der Waals surface area contributed by atoms with Crippen LogP contribution >= 0.6 is 11.3 Å². The quantitative estimate of drug-likeness (QED) is 0.734. The van der Waals surface area contributed by atoms with E-state index in [2.05, 4.69) is 0 Å². The van der Waals surface area contributed by atoms with Crippen molar-refractivity contribution in [1.82, 2.24) is 0 Å². The third kappa shape index (κ3) is 2.52. The van der Waals surface area contributed by atoms with E-state index >= 15 is 0 Å². The summed E-state index contributed by atoms with van der Waals surface area (Å²) < 4.78 is 40.2. The van der Waals surface area contributed by atoms with Gasteiger partial charge in [0.1, 0.15) is 10.8 Å². The van der Waals surface area contributed by atoms with Gasteiger partial charge in [0.25, 0.3) is 10.0 Å². The summed E-state index contributed by atoms with van der Waals surface area (Å²) in [6.45, 7) is 0. The summed E-state index contributed by atoms with van der Waals surface area (Å²) in [7, 11) is -2.18. The summed E-state index contributed by atoms with van der Waals surface area (Å²) in [5.74, 6) is -0.460. The van der Waals surface area contributed by atoms with Gasteiger partial charge >= 0.3 is 0 Å². The van der Waals surface area contributed by atoms with E-state index in [9.17, 15) is 12.8 Å². The van der Waals surface area contributed by atoms with Crippen LogP contribution < -0.4 is 4.31 Å². The minimum atomic E-state index is -3.68. The van der Waals surface area contributed by atoms with Crippen LogP contribution in [0.25, 0.3) is 10.1 Å². The summed E-state index contributed by atoms with van der Waals surface area (Å²) in [5, 5.41) is 1.62. The first-order valence-corrected chi connectivity index (χ1v) is 8.47. The first kappa shape index (κ1) is 14.0. The molecular formula is C15H12FNO2S2. The summed E-state index contributed by atoms with van der Waals surface area (Å²) in [5.41, 5.74) is 0. The van der Waals surface area contributed by atoms with Crippen LogP contribution in [0.5, 0.6) is 0 Å². The molecule has 1 heterocycles. The summed E-state index contributed by atoms with van der Waals surface area (Å²) in [4.78, 5) is 0.0730. The van der Waals surface area contributed by atoms with Gasteiger partial charge in [0.15, 0.2) is 0 Å². The lowest BCUT2D eigenvalue weighted by Gasteiger charge is -2.17. The van der Waals surface area contributed by atoms with E-state index in [0.29, 0.717) is 5.00 Å². The molecule has 0 atom stereocenters. The molecule has 6 heteroatoms. The Morgan fingerprint density at radius 1 is 1.05 bits per heavy atom. The fourth-order valence-electron chi connectivity index (χ4n) is 2.01. The first-order chi connectivity index (χ1) is 9.98. The van der Waals surface area contributed by atoms with Crippen molar-refractivity contribution in [1.29, 1.82) is 0 Å². The molecule has 0 spiro atoms.